The quantitative estimate of drug-likeness (QED) is 0.847. The average Bonchev–Trinajstić information content (AvgIpc) is 2.59. The number of aromatic carboxylic acids is 1. The Morgan fingerprint density at radius 2 is 2.19 bits per heavy atom. The van der Waals surface area contributed by atoms with Gasteiger partial charge in [-0.05, 0) is 24.6 Å². The van der Waals surface area contributed by atoms with E-state index in [2.05, 4.69) is 10.1 Å². The molecule has 0 aliphatic carbocycles. The number of rotatable bonds is 2. The van der Waals surface area contributed by atoms with Crippen molar-refractivity contribution >= 4 is 11.6 Å². The van der Waals surface area contributed by atoms with Crippen molar-refractivity contribution in [3.05, 3.63) is 29.2 Å². The van der Waals surface area contributed by atoms with Crippen molar-refractivity contribution in [3.8, 4) is 0 Å². The van der Waals surface area contributed by atoms with Gasteiger partial charge in [0, 0.05) is 0 Å². The Bertz CT molecular complexity index is 565. The predicted molar refractivity (Wildman–Crippen MR) is 49.6 cm³/mol. The molecule has 0 saturated carbocycles. The fourth-order valence-electron chi connectivity index (χ4n) is 1.39. The molecule has 16 heavy (non-hydrogen) atoms. The monoisotopic (exact) mass is 227 g/mol. The van der Waals surface area contributed by atoms with Gasteiger partial charge in [-0.25, -0.2) is 23.1 Å². The molecule has 1 N–H and O–H groups in total. The number of hydrogen-bond donors (Lipinski definition) is 1. The third-order valence-electron chi connectivity index (χ3n) is 2.02. The maximum absolute atomic E-state index is 12.7. The van der Waals surface area contributed by atoms with Gasteiger partial charge in [0.25, 0.3) is 12.2 Å². The number of carboxylic acid groups (broad SMARTS) is 1. The van der Waals surface area contributed by atoms with Crippen LogP contribution >= 0.6 is 0 Å². The van der Waals surface area contributed by atoms with Gasteiger partial charge in [-0.15, -0.1) is 5.10 Å². The van der Waals surface area contributed by atoms with Gasteiger partial charge in [0.2, 0.25) is 0 Å². The second-order valence-corrected chi connectivity index (χ2v) is 3.27. The molecular weight excluding hydrogens is 220 g/mol. The number of aromatic nitrogens is 3. The molecule has 0 bridgehead atoms. The Morgan fingerprint density at radius 3 is 2.75 bits per heavy atom. The van der Waals surface area contributed by atoms with Gasteiger partial charge >= 0.3 is 5.97 Å². The Labute approximate surface area is 88.3 Å². The zero-order valence-corrected chi connectivity index (χ0v) is 8.19. The van der Waals surface area contributed by atoms with E-state index in [4.69, 9.17) is 5.11 Å². The summed E-state index contributed by atoms with van der Waals surface area (Å²) < 4.78 is 26.2. The summed E-state index contributed by atoms with van der Waals surface area (Å²) in [6.45, 7) is 1.63. The highest BCUT2D eigenvalue weighted by Gasteiger charge is 2.18. The molecule has 2 heterocycles. The average molecular weight is 227 g/mol. The van der Waals surface area contributed by atoms with Crippen LogP contribution in [0.5, 0.6) is 0 Å². The summed E-state index contributed by atoms with van der Waals surface area (Å²) in [6, 6.07) is 2.74. The second-order valence-electron chi connectivity index (χ2n) is 3.27. The standard InChI is InChI=1S/C9H7F2N3O2/c1-4-2-5(7(10)11)14-6(3-4)12-8(13-14)9(15)16/h2-3,7H,1H3,(H,15,16). The van der Waals surface area contributed by atoms with Gasteiger partial charge in [-0.2, -0.15) is 0 Å². The molecule has 2 aromatic heterocycles. The summed E-state index contributed by atoms with van der Waals surface area (Å²) in [7, 11) is 0. The Balaban J connectivity index is 2.75. The number of nitrogens with zero attached hydrogens (tertiary/aromatic N) is 3. The zero-order chi connectivity index (χ0) is 11.9. The molecule has 0 amide bonds. The highest BCUT2D eigenvalue weighted by molar-refractivity contribution is 5.83. The summed E-state index contributed by atoms with van der Waals surface area (Å²) >= 11 is 0. The summed E-state index contributed by atoms with van der Waals surface area (Å²) in [6.07, 6.45) is -2.73. The first-order chi connectivity index (χ1) is 7.49. The number of pyridine rings is 1. The largest absolute Gasteiger partial charge is 0.475 e. The van der Waals surface area contributed by atoms with Crippen LogP contribution in [0.25, 0.3) is 5.65 Å². The Morgan fingerprint density at radius 1 is 1.50 bits per heavy atom. The second kappa shape index (κ2) is 3.51. The van der Waals surface area contributed by atoms with Crippen molar-refractivity contribution in [1.29, 1.82) is 0 Å². The van der Waals surface area contributed by atoms with Gasteiger partial charge in [-0.3, -0.25) is 0 Å². The normalized spacial score (nSPS) is 11.2. The van der Waals surface area contributed by atoms with Crippen LogP contribution in [0.15, 0.2) is 12.1 Å². The number of aryl methyl sites for hydroxylation is 1. The van der Waals surface area contributed by atoms with E-state index in [1.807, 2.05) is 0 Å². The highest BCUT2D eigenvalue weighted by Crippen LogP contribution is 2.20. The minimum atomic E-state index is -2.73. The number of carboxylic acids is 1. The van der Waals surface area contributed by atoms with Crippen LogP contribution in [-0.2, 0) is 0 Å². The summed E-state index contributed by atoms with van der Waals surface area (Å²) in [5.41, 5.74) is 0.315. The van der Waals surface area contributed by atoms with E-state index in [1.54, 1.807) is 6.92 Å². The van der Waals surface area contributed by atoms with Gasteiger partial charge in [0.15, 0.2) is 5.65 Å². The van der Waals surface area contributed by atoms with Crippen LogP contribution in [0.1, 0.15) is 28.3 Å². The van der Waals surface area contributed by atoms with Crippen molar-refractivity contribution in [3.63, 3.8) is 0 Å². The summed E-state index contributed by atoms with van der Waals surface area (Å²) in [4.78, 5) is 14.2. The summed E-state index contributed by atoms with van der Waals surface area (Å²) in [5, 5.41) is 12.2. The van der Waals surface area contributed by atoms with Gasteiger partial charge in [0.05, 0.1) is 0 Å². The number of halogens is 2. The molecule has 0 atom stereocenters. The number of alkyl halides is 2. The fraction of sp³-hybridized carbons (Fsp3) is 0.222. The molecule has 0 unspecified atom stereocenters. The minimum Gasteiger partial charge on any atom is -0.475 e. The SMILES string of the molecule is Cc1cc(C(F)F)n2nc(C(=O)O)nc2c1. The van der Waals surface area contributed by atoms with E-state index in [0.717, 1.165) is 4.52 Å². The first kappa shape index (κ1) is 10.5. The summed E-state index contributed by atoms with van der Waals surface area (Å²) in [5.74, 6) is -1.84. The maximum atomic E-state index is 12.7. The van der Waals surface area contributed by atoms with E-state index in [-0.39, 0.29) is 11.3 Å². The minimum absolute atomic E-state index is 0.104. The smallest absolute Gasteiger partial charge is 0.375 e. The van der Waals surface area contributed by atoms with Crippen LogP contribution in [0.4, 0.5) is 8.78 Å². The van der Waals surface area contributed by atoms with Crippen LogP contribution in [-0.4, -0.2) is 25.7 Å². The molecule has 5 nitrogen and oxygen atoms in total. The molecule has 0 aromatic carbocycles. The number of fused-ring (bicyclic) bond motifs is 1. The van der Waals surface area contributed by atoms with E-state index >= 15 is 0 Å². The Hall–Kier alpha value is -2.05. The molecule has 0 aliphatic rings. The van der Waals surface area contributed by atoms with Crippen molar-refractivity contribution in [2.24, 2.45) is 0 Å². The van der Waals surface area contributed by atoms with Crippen LogP contribution in [0.2, 0.25) is 0 Å². The molecule has 7 heteroatoms. The lowest BCUT2D eigenvalue weighted by atomic mass is 10.2. The van der Waals surface area contributed by atoms with E-state index in [9.17, 15) is 13.6 Å². The zero-order valence-electron chi connectivity index (χ0n) is 8.19. The fourth-order valence-corrected chi connectivity index (χ4v) is 1.39. The maximum Gasteiger partial charge on any atom is 0.375 e. The topological polar surface area (TPSA) is 67.5 Å². The molecule has 0 radical (unpaired) electrons. The lowest BCUT2D eigenvalue weighted by Gasteiger charge is -2.03. The predicted octanol–water partition coefficient (Wildman–Crippen LogP) is 1.67. The van der Waals surface area contributed by atoms with Crippen LogP contribution in [0.3, 0.4) is 0 Å². The molecule has 0 saturated heterocycles. The molecule has 0 spiro atoms. The molecule has 2 aromatic rings. The highest BCUT2D eigenvalue weighted by atomic mass is 19.3. The van der Waals surface area contributed by atoms with Gasteiger partial charge in [-0.1, -0.05) is 0 Å². The van der Waals surface area contributed by atoms with Crippen LogP contribution < -0.4 is 0 Å². The van der Waals surface area contributed by atoms with E-state index < -0.39 is 18.2 Å². The Kier molecular flexibility index (Phi) is 2.30. The van der Waals surface area contributed by atoms with Crippen molar-refractivity contribution in [2.45, 2.75) is 13.3 Å². The lowest BCUT2D eigenvalue weighted by Crippen LogP contribution is -2.02. The van der Waals surface area contributed by atoms with Gasteiger partial charge < -0.3 is 5.11 Å². The number of hydrogen-bond acceptors (Lipinski definition) is 3. The number of carbonyl (C=O) groups is 1. The lowest BCUT2D eigenvalue weighted by molar-refractivity contribution is 0.0683. The van der Waals surface area contributed by atoms with Gasteiger partial charge in [0.1, 0.15) is 5.69 Å². The van der Waals surface area contributed by atoms with Crippen molar-refractivity contribution < 1.29 is 18.7 Å². The van der Waals surface area contributed by atoms with Crippen molar-refractivity contribution in [2.75, 3.05) is 0 Å². The first-order valence-corrected chi connectivity index (χ1v) is 4.38. The van der Waals surface area contributed by atoms with E-state index in [1.165, 1.54) is 12.1 Å². The third kappa shape index (κ3) is 1.60. The molecule has 2 rings (SSSR count). The van der Waals surface area contributed by atoms with E-state index in [0.29, 0.717) is 5.56 Å². The molecule has 0 fully saturated rings. The van der Waals surface area contributed by atoms with Crippen LogP contribution in [0, 0.1) is 6.92 Å². The first-order valence-electron chi connectivity index (χ1n) is 4.38. The molecule has 0 aliphatic heterocycles. The molecular formula is C9H7F2N3O2. The molecule has 84 valence electrons. The third-order valence-corrected chi connectivity index (χ3v) is 2.02. The van der Waals surface area contributed by atoms with Crippen molar-refractivity contribution in [1.82, 2.24) is 14.6 Å².